The number of halogens is 2. The molecule has 0 bridgehead atoms. The summed E-state index contributed by atoms with van der Waals surface area (Å²) in [6, 6.07) is 8.87. The summed E-state index contributed by atoms with van der Waals surface area (Å²) < 4.78 is 5.68. The van der Waals surface area contributed by atoms with Gasteiger partial charge in [0.2, 0.25) is 0 Å². The molecule has 1 aromatic carbocycles. The minimum atomic E-state index is -0.215. The average molecular weight is 381 g/mol. The Balaban J connectivity index is 1.61. The Morgan fingerprint density at radius 3 is 2.72 bits per heavy atom. The van der Waals surface area contributed by atoms with Crippen LogP contribution in [0.5, 0.6) is 0 Å². The molecule has 1 amide bonds. The summed E-state index contributed by atoms with van der Waals surface area (Å²) in [5.41, 5.74) is 0.676. The summed E-state index contributed by atoms with van der Waals surface area (Å²) in [5, 5.41) is 4.05. The van der Waals surface area contributed by atoms with Gasteiger partial charge in [-0.1, -0.05) is 29.6 Å². The molecule has 1 aromatic heterocycles. The van der Waals surface area contributed by atoms with Crippen molar-refractivity contribution in [2.45, 2.75) is 32.2 Å². The van der Waals surface area contributed by atoms with Crippen molar-refractivity contribution >= 4 is 29.1 Å². The van der Waals surface area contributed by atoms with Crippen LogP contribution in [0.3, 0.4) is 0 Å². The smallest absolute Gasteiger partial charge is 0.287 e. The van der Waals surface area contributed by atoms with Gasteiger partial charge in [-0.05, 0) is 63.2 Å². The quantitative estimate of drug-likeness (QED) is 0.805. The second-order valence-corrected chi connectivity index (χ2v) is 7.29. The molecule has 134 valence electrons. The van der Waals surface area contributed by atoms with E-state index in [-0.39, 0.29) is 11.7 Å². The lowest BCUT2D eigenvalue weighted by atomic mass is 10.1. The van der Waals surface area contributed by atoms with Gasteiger partial charge < -0.3 is 9.73 Å². The van der Waals surface area contributed by atoms with E-state index in [0.717, 1.165) is 13.1 Å². The number of piperidine rings is 1. The molecular weight excluding hydrogens is 359 g/mol. The zero-order valence-electron chi connectivity index (χ0n) is 14.2. The number of rotatable bonds is 5. The van der Waals surface area contributed by atoms with Crippen LogP contribution in [0, 0.1) is 0 Å². The van der Waals surface area contributed by atoms with E-state index in [0.29, 0.717) is 34.0 Å². The van der Waals surface area contributed by atoms with Crippen molar-refractivity contribution in [3.05, 3.63) is 46.1 Å². The van der Waals surface area contributed by atoms with Gasteiger partial charge in [0.05, 0.1) is 5.02 Å². The molecular formula is C19H22Cl2N2O2. The average Bonchev–Trinajstić information content (AvgIpc) is 3.12. The van der Waals surface area contributed by atoms with Crippen molar-refractivity contribution in [1.29, 1.82) is 0 Å². The van der Waals surface area contributed by atoms with E-state index in [2.05, 4.69) is 17.1 Å². The van der Waals surface area contributed by atoms with Crippen molar-refractivity contribution < 1.29 is 9.21 Å². The van der Waals surface area contributed by atoms with Gasteiger partial charge in [-0.15, -0.1) is 0 Å². The lowest BCUT2D eigenvalue weighted by molar-refractivity contribution is 0.0903. The van der Waals surface area contributed by atoms with Gasteiger partial charge >= 0.3 is 0 Å². The first-order valence-corrected chi connectivity index (χ1v) is 9.37. The number of amides is 1. The molecule has 0 spiro atoms. The summed E-state index contributed by atoms with van der Waals surface area (Å²) in [7, 11) is 0. The molecule has 2 aromatic rings. The summed E-state index contributed by atoms with van der Waals surface area (Å²) in [6.45, 7) is 4.96. The highest BCUT2D eigenvalue weighted by molar-refractivity contribution is 6.35. The Hall–Kier alpha value is -1.49. The van der Waals surface area contributed by atoms with Gasteiger partial charge in [-0.25, -0.2) is 0 Å². The predicted octanol–water partition coefficient (Wildman–Crippen LogP) is 4.86. The molecule has 1 atom stereocenters. The maximum absolute atomic E-state index is 12.3. The molecule has 1 saturated heterocycles. The van der Waals surface area contributed by atoms with Crippen LogP contribution in [0.2, 0.25) is 10.0 Å². The van der Waals surface area contributed by atoms with Gasteiger partial charge in [-0.2, -0.15) is 0 Å². The molecule has 6 heteroatoms. The summed E-state index contributed by atoms with van der Waals surface area (Å²) >= 11 is 12.2. The fraction of sp³-hybridized carbons (Fsp3) is 0.421. The normalized spacial score (nSPS) is 16.6. The van der Waals surface area contributed by atoms with Gasteiger partial charge in [0.25, 0.3) is 5.91 Å². The first-order chi connectivity index (χ1) is 12.0. The Morgan fingerprint density at radius 2 is 1.96 bits per heavy atom. The van der Waals surface area contributed by atoms with E-state index in [9.17, 15) is 4.79 Å². The SMILES string of the molecule is CC(CNC(=O)c1ccc(-c2cc(Cl)ccc2Cl)o1)N1CCCCC1. The topological polar surface area (TPSA) is 45.5 Å². The Morgan fingerprint density at radius 1 is 1.20 bits per heavy atom. The minimum absolute atomic E-state index is 0.215. The molecule has 1 unspecified atom stereocenters. The molecule has 0 radical (unpaired) electrons. The molecule has 1 aliphatic heterocycles. The number of carbonyl (C=O) groups is 1. The Bertz CT molecular complexity index is 739. The molecule has 3 rings (SSSR count). The van der Waals surface area contributed by atoms with E-state index < -0.39 is 0 Å². The van der Waals surface area contributed by atoms with Crippen molar-refractivity contribution in [3.8, 4) is 11.3 Å². The van der Waals surface area contributed by atoms with Crippen LogP contribution in [0.4, 0.5) is 0 Å². The van der Waals surface area contributed by atoms with Crippen LogP contribution in [0.1, 0.15) is 36.7 Å². The van der Waals surface area contributed by atoms with E-state index in [4.69, 9.17) is 27.6 Å². The highest BCUT2D eigenvalue weighted by atomic mass is 35.5. The highest BCUT2D eigenvalue weighted by Gasteiger charge is 2.19. The molecule has 4 nitrogen and oxygen atoms in total. The summed E-state index contributed by atoms with van der Waals surface area (Å²) in [6.07, 6.45) is 3.78. The van der Waals surface area contributed by atoms with Crippen LogP contribution in [-0.2, 0) is 0 Å². The third-order valence-electron chi connectivity index (χ3n) is 4.60. The minimum Gasteiger partial charge on any atom is -0.451 e. The first-order valence-electron chi connectivity index (χ1n) is 8.62. The predicted molar refractivity (Wildman–Crippen MR) is 101 cm³/mol. The number of carbonyl (C=O) groups excluding carboxylic acids is 1. The third kappa shape index (κ3) is 4.57. The zero-order valence-corrected chi connectivity index (χ0v) is 15.7. The zero-order chi connectivity index (χ0) is 17.8. The van der Waals surface area contributed by atoms with Crippen molar-refractivity contribution in [3.63, 3.8) is 0 Å². The summed E-state index contributed by atoms with van der Waals surface area (Å²) in [4.78, 5) is 14.8. The lowest BCUT2D eigenvalue weighted by Crippen LogP contribution is -2.44. The number of benzene rings is 1. The molecule has 1 N–H and O–H groups in total. The summed E-state index contributed by atoms with van der Waals surface area (Å²) in [5.74, 6) is 0.590. The standard InChI is InChI=1S/C19H22Cl2N2O2/c1-13(23-9-3-2-4-10-23)12-22-19(24)18-8-7-17(25-18)15-11-14(20)5-6-16(15)21/h5-8,11,13H,2-4,9-10,12H2,1H3,(H,22,24). The number of furan rings is 1. The maximum Gasteiger partial charge on any atom is 0.287 e. The number of nitrogens with zero attached hydrogens (tertiary/aromatic N) is 1. The molecule has 25 heavy (non-hydrogen) atoms. The lowest BCUT2D eigenvalue weighted by Gasteiger charge is -2.32. The molecule has 1 aliphatic rings. The van der Waals surface area contributed by atoms with Crippen LogP contribution < -0.4 is 5.32 Å². The number of hydrogen-bond donors (Lipinski definition) is 1. The Kier molecular flexibility index (Phi) is 6.05. The van der Waals surface area contributed by atoms with E-state index in [1.165, 1.54) is 19.3 Å². The van der Waals surface area contributed by atoms with Gasteiger partial charge in [0.15, 0.2) is 5.76 Å². The molecule has 2 heterocycles. The third-order valence-corrected chi connectivity index (χ3v) is 5.16. The highest BCUT2D eigenvalue weighted by Crippen LogP contribution is 2.31. The second-order valence-electron chi connectivity index (χ2n) is 6.44. The fourth-order valence-corrected chi connectivity index (χ4v) is 3.49. The number of hydrogen-bond acceptors (Lipinski definition) is 3. The van der Waals surface area contributed by atoms with Crippen LogP contribution in [0.15, 0.2) is 34.7 Å². The van der Waals surface area contributed by atoms with Crippen LogP contribution in [0.25, 0.3) is 11.3 Å². The van der Waals surface area contributed by atoms with E-state index >= 15 is 0 Å². The maximum atomic E-state index is 12.3. The van der Waals surface area contributed by atoms with Crippen molar-refractivity contribution in [1.82, 2.24) is 10.2 Å². The molecule has 0 aliphatic carbocycles. The van der Waals surface area contributed by atoms with Gasteiger partial charge in [0, 0.05) is 23.2 Å². The molecule has 1 fully saturated rings. The van der Waals surface area contributed by atoms with Crippen molar-refractivity contribution in [2.75, 3.05) is 19.6 Å². The number of nitrogens with one attached hydrogen (secondary N) is 1. The fourth-order valence-electron chi connectivity index (χ4n) is 3.11. The van der Waals surface area contributed by atoms with E-state index in [1.807, 2.05) is 0 Å². The van der Waals surface area contributed by atoms with Crippen LogP contribution >= 0.6 is 23.2 Å². The second kappa shape index (κ2) is 8.26. The largest absolute Gasteiger partial charge is 0.451 e. The first kappa shape index (κ1) is 18.3. The Labute approximate surface area is 158 Å². The van der Waals surface area contributed by atoms with Gasteiger partial charge in [0.1, 0.15) is 5.76 Å². The number of likely N-dealkylation sites (tertiary alicyclic amines) is 1. The van der Waals surface area contributed by atoms with Crippen LogP contribution in [-0.4, -0.2) is 36.5 Å². The monoisotopic (exact) mass is 380 g/mol. The van der Waals surface area contributed by atoms with Gasteiger partial charge in [-0.3, -0.25) is 9.69 Å². The van der Waals surface area contributed by atoms with E-state index in [1.54, 1.807) is 30.3 Å². The van der Waals surface area contributed by atoms with Crippen molar-refractivity contribution in [2.24, 2.45) is 0 Å². The molecule has 0 saturated carbocycles.